The van der Waals surface area contributed by atoms with E-state index >= 15 is 0 Å². The second-order valence-corrected chi connectivity index (χ2v) is 22.8. The van der Waals surface area contributed by atoms with Crippen molar-refractivity contribution < 1.29 is 47.8 Å². The highest BCUT2D eigenvalue weighted by Gasteiger charge is 2.56. The van der Waals surface area contributed by atoms with Crippen molar-refractivity contribution in [1.82, 2.24) is 20.8 Å². The van der Waals surface area contributed by atoms with Gasteiger partial charge >= 0.3 is 23.9 Å². The van der Waals surface area contributed by atoms with Crippen LogP contribution in [-0.2, 0) is 47.8 Å². The molecule has 14 nitrogen and oxygen atoms in total. The van der Waals surface area contributed by atoms with Crippen LogP contribution in [0.15, 0.2) is 0 Å². The first kappa shape index (κ1) is 49.3. The first-order valence-electron chi connectivity index (χ1n) is 21.7. The number of hydroxylamine groups is 4. The van der Waals surface area contributed by atoms with Gasteiger partial charge in [0.1, 0.15) is 6.10 Å². The predicted octanol–water partition coefficient (Wildman–Crippen LogP) is 6.14. The number of hydrogen-bond donors (Lipinski definition) is 2. The van der Waals surface area contributed by atoms with Crippen LogP contribution < -0.4 is 10.6 Å². The monoisotopic (exact) mass is 837 g/mol. The maximum absolute atomic E-state index is 14.5. The lowest BCUT2D eigenvalue weighted by molar-refractivity contribution is -0.229. The van der Waals surface area contributed by atoms with Crippen LogP contribution >= 0.6 is 0 Å². The number of ether oxygens (including phenoxy) is 4. The molecule has 0 aromatic heterocycles. The molecular formula is C45H80N4O10. The van der Waals surface area contributed by atoms with Gasteiger partial charge in [-0.05, 0) is 130 Å². The van der Waals surface area contributed by atoms with Crippen molar-refractivity contribution in [2.24, 2.45) is 29.6 Å². The Morgan fingerprint density at radius 2 is 0.915 bits per heavy atom. The van der Waals surface area contributed by atoms with E-state index in [0.29, 0.717) is 12.8 Å². The van der Waals surface area contributed by atoms with Crippen LogP contribution in [-0.4, -0.2) is 118 Å². The van der Waals surface area contributed by atoms with Crippen LogP contribution in [0.2, 0.25) is 0 Å². The Hall–Kier alpha value is -2.36. The number of carbonyl (C=O) groups is 4. The van der Waals surface area contributed by atoms with Crippen LogP contribution in [0, 0.1) is 29.6 Å². The Balaban J connectivity index is 1.64. The Morgan fingerprint density at radius 3 is 1.29 bits per heavy atom. The van der Waals surface area contributed by atoms with E-state index in [4.69, 9.17) is 28.6 Å². The summed E-state index contributed by atoms with van der Waals surface area (Å²) in [5, 5.41) is 11.0. The van der Waals surface area contributed by atoms with E-state index in [1.807, 2.05) is 51.7 Å². The van der Waals surface area contributed by atoms with Crippen LogP contribution in [0.25, 0.3) is 0 Å². The summed E-state index contributed by atoms with van der Waals surface area (Å²) in [7, 11) is 3.22. The van der Waals surface area contributed by atoms with Crippen molar-refractivity contribution in [2.45, 2.75) is 200 Å². The van der Waals surface area contributed by atoms with Gasteiger partial charge in [0.15, 0.2) is 0 Å². The third kappa shape index (κ3) is 11.0. The Bertz CT molecular complexity index is 1550. The second kappa shape index (κ2) is 17.1. The summed E-state index contributed by atoms with van der Waals surface area (Å²) in [6.45, 7) is 33.0. The highest BCUT2D eigenvalue weighted by molar-refractivity contribution is 5.88. The quantitative estimate of drug-likeness (QED) is 0.135. The van der Waals surface area contributed by atoms with Gasteiger partial charge in [-0.15, -0.1) is 0 Å². The first-order valence-corrected chi connectivity index (χ1v) is 21.7. The molecule has 4 aliphatic heterocycles. The molecule has 0 saturated carbocycles. The molecule has 0 spiro atoms. The van der Waals surface area contributed by atoms with Crippen LogP contribution in [0.5, 0.6) is 0 Å². The SMILES string of the molecule is CON1C(C)(C)CC(COC(=O)CC(C(=O)OCC2CC(C)(C)NC2(C)C)C(CC(=O)OC2CC(C)(C)N(OC)C2(C)C)C(=O)OCC2CC(C)(C)NC2(C)C)C1(C)C. The van der Waals surface area contributed by atoms with Crippen molar-refractivity contribution in [3.05, 3.63) is 0 Å². The molecule has 59 heavy (non-hydrogen) atoms. The van der Waals surface area contributed by atoms with Gasteiger partial charge in [0.05, 0.1) is 64.3 Å². The third-order valence-corrected chi connectivity index (χ3v) is 14.0. The molecular weight excluding hydrogens is 757 g/mol. The molecule has 340 valence electrons. The average molecular weight is 837 g/mol. The van der Waals surface area contributed by atoms with Crippen LogP contribution in [0.3, 0.4) is 0 Å². The first-order chi connectivity index (χ1) is 26.7. The third-order valence-electron chi connectivity index (χ3n) is 14.0. The smallest absolute Gasteiger partial charge is 0.310 e. The average Bonchev–Trinajstić information content (AvgIpc) is 3.57. The topological polar surface area (TPSA) is 154 Å². The van der Waals surface area contributed by atoms with E-state index in [0.717, 1.165) is 12.8 Å². The molecule has 4 heterocycles. The maximum atomic E-state index is 14.5. The fraction of sp³-hybridized carbons (Fsp3) is 0.911. The molecule has 4 saturated heterocycles. The molecule has 4 rings (SSSR count). The highest BCUT2D eigenvalue weighted by Crippen LogP contribution is 2.46. The Morgan fingerprint density at radius 1 is 0.525 bits per heavy atom. The number of nitrogens with zero attached hydrogens (tertiary/aromatic N) is 2. The minimum atomic E-state index is -1.39. The minimum Gasteiger partial charge on any atom is -0.465 e. The number of nitrogens with one attached hydrogen (secondary N) is 2. The van der Waals surface area contributed by atoms with Gasteiger partial charge in [-0.1, -0.05) is 0 Å². The lowest BCUT2D eigenvalue weighted by atomic mass is 9.85. The number of hydrogen-bond acceptors (Lipinski definition) is 14. The number of carbonyl (C=O) groups excluding carboxylic acids is 4. The molecule has 2 N–H and O–H groups in total. The molecule has 14 heteroatoms. The van der Waals surface area contributed by atoms with E-state index in [9.17, 15) is 19.2 Å². The van der Waals surface area contributed by atoms with E-state index in [1.54, 1.807) is 14.2 Å². The standard InChI is InChI=1S/C45H80N4O10/c1-38(2)21-28(42(9,10)46-38)25-57-36(52)31(19-34(50)56-27-30-23-40(5,6)48(54-17)44(30,13)14)32(37(53)58-26-29-22-39(3,4)47-43(29,11)12)20-35(51)59-33-24-41(7,8)49(55-18)45(33,15)16/h28-33,46-47H,19-27H2,1-18H3. The van der Waals surface area contributed by atoms with E-state index in [2.05, 4.69) is 79.9 Å². The summed E-state index contributed by atoms with van der Waals surface area (Å²) < 4.78 is 24.2. The molecule has 0 aromatic carbocycles. The Labute approximate surface area is 355 Å². The molecule has 4 aliphatic rings. The fourth-order valence-corrected chi connectivity index (χ4v) is 11.5. The van der Waals surface area contributed by atoms with Crippen LogP contribution in [0.1, 0.15) is 149 Å². The summed E-state index contributed by atoms with van der Waals surface area (Å²) >= 11 is 0. The normalized spacial score (nSPS) is 30.7. The molecule has 0 aromatic rings. The highest BCUT2D eigenvalue weighted by atomic mass is 16.7. The summed E-state index contributed by atoms with van der Waals surface area (Å²) in [5.74, 6) is -5.83. The largest absolute Gasteiger partial charge is 0.465 e. The molecule has 0 bridgehead atoms. The fourth-order valence-electron chi connectivity index (χ4n) is 11.5. The van der Waals surface area contributed by atoms with Crippen molar-refractivity contribution in [3.8, 4) is 0 Å². The summed E-state index contributed by atoms with van der Waals surface area (Å²) in [5.41, 5.74) is -2.96. The Kier molecular flexibility index (Phi) is 14.3. The van der Waals surface area contributed by atoms with Gasteiger partial charge in [-0.3, -0.25) is 19.2 Å². The number of rotatable bonds is 16. The summed E-state index contributed by atoms with van der Waals surface area (Å²) in [4.78, 5) is 68.5. The van der Waals surface area contributed by atoms with Gasteiger partial charge in [0.25, 0.3) is 0 Å². The molecule has 0 aliphatic carbocycles. The van der Waals surface area contributed by atoms with Gasteiger partial charge in [-0.25, -0.2) is 0 Å². The molecule has 6 atom stereocenters. The maximum Gasteiger partial charge on any atom is 0.310 e. The van der Waals surface area contributed by atoms with Gasteiger partial charge in [0.2, 0.25) is 0 Å². The van der Waals surface area contributed by atoms with Gasteiger partial charge < -0.3 is 39.3 Å². The zero-order chi connectivity index (χ0) is 44.9. The summed E-state index contributed by atoms with van der Waals surface area (Å²) in [6.07, 6.45) is 1.09. The van der Waals surface area contributed by atoms with Crippen molar-refractivity contribution in [1.29, 1.82) is 0 Å². The van der Waals surface area contributed by atoms with E-state index in [-0.39, 0.29) is 65.3 Å². The minimum absolute atomic E-state index is 0.0433. The number of esters is 4. The lowest BCUT2D eigenvalue weighted by Gasteiger charge is -2.39. The van der Waals surface area contributed by atoms with E-state index < -0.39 is 71.3 Å². The summed E-state index contributed by atoms with van der Waals surface area (Å²) in [6, 6.07) is 0. The van der Waals surface area contributed by atoms with Crippen LogP contribution in [0.4, 0.5) is 0 Å². The zero-order valence-corrected chi connectivity index (χ0v) is 39.8. The molecule has 0 amide bonds. The second-order valence-electron chi connectivity index (χ2n) is 22.8. The molecule has 0 radical (unpaired) electrons. The van der Waals surface area contributed by atoms with Crippen molar-refractivity contribution in [2.75, 3.05) is 34.0 Å². The van der Waals surface area contributed by atoms with Crippen molar-refractivity contribution in [3.63, 3.8) is 0 Å². The molecule has 4 fully saturated rings. The molecule has 6 unspecified atom stereocenters. The zero-order valence-electron chi connectivity index (χ0n) is 39.8. The lowest BCUT2D eigenvalue weighted by Crippen LogP contribution is -2.50. The van der Waals surface area contributed by atoms with E-state index in [1.165, 1.54) is 0 Å². The van der Waals surface area contributed by atoms with Crippen molar-refractivity contribution >= 4 is 23.9 Å². The predicted molar refractivity (Wildman–Crippen MR) is 225 cm³/mol. The van der Waals surface area contributed by atoms with Gasteiger partial charge in [-0.2, -0.15) is 10.1 Å². The van der Waals surface area contributed by atoms with Gasteiger partial charge in [0, 0.05) is 62.9 Å².